The molecule has 0 aliphatic rings. The molecule has 0 saturated heterocycles. The van der Waals surface area contributed by atoms with Crippen LogP contribution in [-0.4, -0.2) is 5.78 Å². The van der Waals surface area contributed by atoms with Crippen LogP contribution in [0.5, 0.6) is 0 Å². The molecule has 0 fully saturated rings. The van der Waals surface area contributed by atoms with Gasteiger partial charge in [-0.3, -0.25) is 4.79 Å². The lowest BCUT2D eigenvalue weighted by Gasteiger charge is -2.03. The summed E-state index contributed by atoms with van der Waals surface area (Å²) in [4.78, 5) is 11.2. The van der Waals surface area contributed by atoms with E-state index in [0.29, 0.717) is 16.3 Å². The fourth-order valence-electron chi connectivity index (χ4n) is 1.44. The third-order valence-corrected chi connectivity index (χ3v) is 3.16. The fraction of sp³-hybridized carbons (Fsp3) is 0.0833. The first-order valence-corrected chi connectivity index (χ1v) is 5.80. The molecule has 0 radical (unpaired) electrons. The molecule has 1 aromatic heterocycles. The third-order valence-electron chi connectivity index (χ3n) is 2.23. The van der Waals surface area contributed by atoms with Crippen molar-refractivity contribution < 1.29 is 9.21 Å². The van der Waals surface area contributed by atoms with E-state index in [2.05, 4.69) is 15.9 Å². The molecule has 0 spiro atoms. The summed E-state index contributed by atoms with van der Waals surface area (Å²) in [5.41, 5.74) is 1.36. The van der Waals surface area contributed by atoms with Crippen LogP contribution in [0.2, 0.25) is 5.02 Å². The highest BCUT2D eigenvalue weighted by Gasteiger charge is 2.11. The lowest BCUT2D eigenvalue weighted by molar-refractivity contribution is 0.101. The van der Waals surface area contributed by atoms with Gasteiger partial charge in [-0.2, -0.15) is 0 Å². The van der Waals surface area contributed by atoms with E-state index in [0.717, 1.165) is 10.0 Å². The molecule has 0 N–H and O–H groups in total. The van der Waals surface area contributed by atoms with Gasteiger partial charge in [0.05, 0.1) is 15.8 Å². The van der Waals surface area contributed by atoms with Crippen molar-refractivity contribution in [3.63, 3.8) is 0 Å². The maximum Gasteiger partial charge on any atom is 0.161 e. The van der Waals surface area contributed by atoms with Gasteiger partial charge in [0.1, 0.15) is 5.76 Å². The number of Topliss-reactive ketones (excluding diaryl/α,β-unsaturated/α-hetero) is 1. The van der Waals surface area contributed by atoms with E-state index in [9.17, 15) is 4.79 Å². The molecule has 0 saturated carbocycles. The molecule has 2 rings (SSSR count). The van der Waals surface area contributed by atoms with E-state index >= 15 is 0 Å². The minimum atomic E-state index is -0.0462. The first kappa shape index (κ1) is 11.4. The molecule has 1 heterocycles. The van der Waals surface area contributed by atoms with Crippen molar-refractivity contribution in [3.05, 3.63) is 45.6 Å². The smallest absolute Gasteiger partial charge is 0.161 e. The molecule has 0 bridgehead atoms. The summed E-state index contributed by atoms with van der Waals surface area (Å²) < 4.78 is 6.18. The summed E-state index contributed by atoms with van der Waals surface area (Å²) in [5, 5.41) is 0.438. The van der Waals surface area contributed by atoms with E-state index in [-0.39, 0.29) is 5.78 Å². The Labute approximate surface area is 106 Å². The average Bonchev–Trinajstić information content (AvgIpc) is 2.63. The summed E-state index contributed by atoms with van der Waals surface area (Å²) in [6.07, 6.45) is 1.59. The second-order valence-electron chi connectivity index (χ2n) is 3.35. The van der Waals surface area contributed by atoms with Gasteiger partial charge in [0, 0.05) is 11.1 Å². The van der Waals surface area contributed by atoms with Crippen molar-refractivity contribution in [3.8, 4) is 11.3 Å². The van der Waals surface area contributed by atoms with Crippen molar-refractivity contribution in [1.82, 2.24) is 0 Å². The molecule has 0 aliphatic carbocycles. The van der Waals surface area contributed by atoms with Gasteiger partial charge in [-0.15, -0.1) is 0 Å². The molecule has 4 heteroatoms. The highest BCUT2D eigenvalue weighted by atomic mass is 79.9. The van der Waals surface area contributed by atoms with Gasteiger partial charge < -0.3 is 4.42 Å². The number of carbonyl (C=O) groups excluding carboxylic acids is 1. The van der Waals surface area contributed by atoms with Gasteiger partial charge >= 0.3 is 0 Å². The van der Waals surface area contributed by atoms with E-state index in [1.165, 1.54) is 6.92 Å². The number of hydrogen-bond acceptors (Lipinski definition) is 2. The standard InChI is InChI=1S/C12H8BrClO2/c1-7(15)9-3-2-8(6-11(9)14)12-10(13)4-5-16-12/h2-6H,1H3. The van der Waals surface area contributed by atoms with Gasteiger partial charge in [0.2, 0.25) is 0 Å². The number of ketones is 1. The summed E-state index contributed by atoms with van der Waals surface area (Å²) in [5.74, 6) is 0.659. The van der Waals surface area contributed by atoms with Crippen LogP contribution in [0, 0.1) is 0 Å². The number of carbonyl (C=O) groups is 1. The molecule has 0 unspecified atom stereocenters. The monoisotopic (exact) mass is 298 g/mol. The molecule has 0 atom stereocenters. The molecular weight excluding hydrogens is 291 g/mol. The summed E-state index contributed by atoms with van der Waals surface area (Å²) in [6.45, 7) is 1.49. The van der Waals surface area contributed by atoms with Crippen LogP contribution in [-0.2, 0) is 0 Å². The van der Waals surface area contributed by atoms with Crippen molar-refractivity contribution >= 4 is 33.3 Å². The van der Waals surface area contributed by atoms with Crippen LogP contribution in [0.25, 0.3) is 11.3 Å². The molecule has 2 nitrogen and oxygen atoms in total. The van der Waals surface area contributed by atoms with Crippen LogP contribution >= 0.6 is 27.5 Å². The second kappa shape index (κ2) is 4.44. The SMILES string of the molecule is CC(=O)c1ccc(-c2occc2Br)cc1Cl. The first-order chi connectivity index (χ1) is 7.59. The largest absolute Gasteiger partial charge is 0.463 e. The van der Waals surface area contributed by atoms with Gasteiger partial charge in [0.15, 0.2) is 5.78 Å². The Morgan fingerprint density at radius 3 is 2.62 bits per heavy atom. The normalized spacial score (nSPS) is 10.4. The number of benzene rings is 1. The number of halogens is 2. The van der Waals surface area contributed by atoms with Crippen molar-refractivity contribution in [2.75, 3.05) is 0 Å². The topological polar surface area (TPSA) is 30.2 Å². The van der Waals surface area contributed by atoms with Crippen molar-refractivity contribution in [2.24, 2.45) is 0 Å². The van der Waals surface area contributed by atoms with Crippen LogP contribution in [0.1, 0.15) is 17.3 Å². The lowest BCUT2D eigenvalue weighted by Crippen LogP contribution is -1.93. The Bertz CT molecular complexity index is 546. The molecule has 16 heavy (non-hydrogen) atoms. The average molecular weight is 300 g/mol. The van der Waals surface area contributed by atoms with Crippen molar-refractivity contribution in [2.45, 2.75) is 6.92 Å². The first-order valence-electron chi connectivity index (χ1n) is 4.63. The van der Waals surface area contributed by atoms with Gasteiger partial charge in [-0.1, -0.05) is 17.7 Å². The van der Waals surface area contributed by atoms with E-state index in [1.807, 2.05) is 12.1 Å². The molecular formula is C12H8BrClO2. The van der Waals surface area contributed by atoms with Gasteiger partial charge in [-0.25, -0.2) is 0 Å². The summed E-state index contributed by atoms with van der Waals surface area (Å²) in [6, 6.07) is 7.05. The molecule has 0 aliphatic heterocycles. The highest BCUT2D eigenvalue weighted by Crippen LogP contribution is 2.31. The van der Waals surface area contributed by atoms with Crippen LogP contribution in [0.3, 0.4) is 0 Å². The van der Waals surface area contributed by atoms with E-state index in [4.69, 9.17) is 16.0 Å². The zero-order valence-electron chi connectivity index (χ0n) is 8.46. The zero-order valence-corrected chi connectivity index (χ0v) is 10.8. The number of hydrogen-bond donors (Lipinski definition) is 0. The molecule has 0 amide bonds. The molecule has 2 aromatic rings. The molecule has 82 valence electrons. The minimum absolute atomic E-state index is 0.0462. The summed E-state index contributed by atoms with van der Waals surface area (Å²) in [7, 11) is 0. The fourth-order valence-corrected chi connectivity index (χ4v) is 2.19. The lowest BCUT2D eigenvalue weighted by atomic mass is 10.1. The summed E-state index contributed by atoms with van der Waals surface area (Å²) >= 11 is 9.39. The number of rotatable bonds is 2. The Kier molecular flexibility index (Phi) is 3.17. The molecule has 1 aromatic carbocycles. The van der Waals surface area contributed by atoms with Crippen LogP contribution in [0.4, 0.5) is 0 Å². The minimum Gasteiger partial charge on any atom is -0.463 e. The van der Waals surface area contributed by atoms with Gasteiger partial charge in [-0.05, 0) is 41.1 Å². The Balaban J connectivity index is 2.50. The van der Waals surface area contributed by atoms with Gasteiger partial charge in [0.25, 0.3) is 0 Å². The highest BCUT2D eigenvalue weighted by molar-refractivity contribution is 9.10. The quantitative estimate of drug-likeness (QED) is 0.761. The Morgan fingerprint density at radius 2 is 2.12 bits per heavy atom. The van der Waals surface area contributed by atoms with E-state index in [1.54, 1.807) is 18.4 Å². The zero-order chi connectivity index (χ0) is 11.7. The Morgan fingerprint density at radius 1 is 1.38 bits per heavy atom. The maximum absolute atomic E-state index is 11.2. The maximum atomic E-state index is 11.2. The predicted octanol–water partition coefficient (Wildman–Crippen LogP) is 4.57. The number of furan rings is 1. The Hall–Kier alpha value is -1.06. The second-order valence-corrected chi connectivity index (χ2v) is 4.61. The predicted molar refractivity (Wildman–Crippen MR) is 66.9 cm³/mol. The van der Waals surface area contributed by atoms with Crippen LogP contribution in [0.15, 0.2) is 39.4 Å². The van der Waals surface area contributed by atoms with E-state index < -0.39 is 0 Å². The van der Waals surface area contributed by atoms with Crippen molar-refractivity contribution in [1.29, 1.82) is 0 Å². The van der Waals surface area contributed by atoms with Crippen LogP contribution < -0.4 is 0 Å². The third kappa shape index (κ3) is 2.06.